The predicted octanol–water partition coefficient (Wildman–Crippen LogP) is 1.07. The van der Waals surface area contributed by atoms with Crippen LogP contribution in [-0.2, 0) is 11.3 Å². The number of hydrogen-bond acceptors (Lipinski definition) is 5. The molecule has 2 heterocycles. The van der Waals surface area contributed by atoms with Crippen LogP contribution in [-0.4, -0.2) is 37.6 Å². The maximum atomic E-state index is 12.7. The standard InChI is InChI=1S/C18H24N4O5/c1-8(2)7-22-14-13(16(24)21-18(22)27)11(6-12(20-14)9(3)4)15(23)19-10(5)17(25)26/h6,8-10H,7H2,1-5H3,(H,19,23)(H,25,26)(H,21,24,27)/t10-/m1/s1. The summed E-state index contributed by atoms with van der Waals surface area (Å²) in [4.78, 5) is 55.2. The van der Waals surface area contributed by atoms with Crippen molar-refractivity contribution in [1.29, 1.82) is 0 Å². The lowest BCUT2D eigenvalue weighted by Crippen LogP contribution is -2.39. The van der Waals surface area contributed by atoms with E-state index in [2.05, 4.69) is 15.3 Å². The quantitative estimate of drug-likeness (QED) is 0.690. The summed E-state index contributed by atoms with van der Waals surface area (Å²) in [6.45, 7) is 9.20. The van der Waals surface area contributed by atoms with E-state index in [-0.39, 0.29) is 28.4 Å². The van der Waals surface area contributed by atoms with Crippen LogP contribution in [0.4, 0.5) is 0 Å². The van der Waals surface area contributed by atoms with Gasteiger partial charge in [-0.25, -0.2) is 9.78 Å². The van der Waals surface area contributed by atoms with Crippen LogP contribution in [0.25, 0.3) is 11.0 Å². The van der Waals surface area contributed by atoms with Gasteiger partial charge in [0.1, 0.15) is 6.04 Å². The van der Waals surface area contributed by atoms with E-state index in [0.717, 1.165) is 0 Å². The maximum absolute atomic E-state index is 12.7. The zero-order valence-electron chi connectivity index (χ0n) is 16.0. The molecular formula is C18H24N4O5. The summed E-state index contributed by atoms with van der Waals surface area (Å²) in [5.41, 5.74) is -0.684. The number of H-pyrrole nitrogens is 1. The van der Waals surface area contributed by atoms with Gasteiger partial charge in [0.05, 0.1) is 10.9 Å². The van der Waals surface area contributed by atoms with Gasteiger partial charge in [-0.3, -0.25) is 23.9 Å². The van der Waals surface area contributed by atoms with Gasteiger partial charge in [-0.2, -0.15) is 0 Å². The first-order valence-electron chi connectivity index (χ1n) is 8.74. The molecule has 0 bridgehead atoms. The number of amides is 1. The topological polar surface area (TPSA) is 134 Å². The fourth-order valence-corrected chi connectivity index (χ4v) is 2.64. The molecule has 0 saturated heterocycles. The zero-order valence-corrected chi connectivity index (χ0v) is 16.0. The predicted molar refractivity (Wildman–Crippen MR) is 100 cm³/mol. The van der Waals surface area contributed by atoms with E-state index < -0.39 is 29.2 Å². The summed E-state index contributed by atoms with van der Waals surface area (Å²) in [5.74, 6) is -1.87. The maximum Gasteiger partial charge on any atom is 0.330 e. The van der Waals surface area contributed by atoms with Gasteiger partial charge < -0.3 is 10.4 Å². The normalized spacial score (nSPS) is 12.6. The van der Waals surface area contributed by atoms with Gasteiger partial charge in [0.15, 0.2) is 5.65 Å². The minimum absolute atomic E-state index is 0.00411. The van der Waals surface area contributed by atoms with Crippen molar-refractivity contribution in [2.24, 2.45) is 5.92 Å². The Bertz CT molecular complexity index is 1000. The minimum Gasteiger partial charge on any atom is -0.480 e. The first kappa shape index (κ1) is 20.3. The highest BCUT2D eigenvalue weighted by molar-refractivity contribution is 6.06. The van der Waals surface area contributed by atoms with Crippen LogP contribution >= 0.6 is 0 Å². The molecule has 3 N–H and O–H groups in total. The van der Waals surface area contributed by atoms with Crippen LogP contribution in [0.15, 0.2) is 15.7 Å². The molecule has 0 unspecified atom stereocenters. The first-order chi connectivity index (χ1) is 12.5. The largest absolute Gasteiger partial charge is 0.480 e. The number of hydrogen-bond donors (Lipinski definition) is 3. The Kier molecular flexibility index (Phi) is 5.82. The van der Waals surface area contributed by atoms with E-state index in [9.17, 15) is 19.2 Å². The fraction of sp³-hybridized carbons (Fsp3) is 0.500. The number of carboxylic acid groups (broad SMARTS) is 1. The molecule has 0 aromatic carbocycles. The summed E-state index contributed by atoms with van der Waals surface area (Å²) in [6.07, 6.45) is 0. The SMILES string of the molecule is CC(C)Cn1c(=O)[nH]c(=O)c2c(C(=O)N[C@H](C)C(=O)O)cc(C(C)C)nc21. The highest BCUT2D eigenvalue weighted by Gasteiger charge is 2.23. The summed E-state index contributed by atoms with van der Waals surface area (Å²) in [7, 11) is 0. The summed E-state index contributed by atoms with van der Waals surface area (Å²) < 4.78 is 1.34. The minimum atomic E-state index is -1.20. The zero-order chi connectivity index (χ0) is 20.5. The molecule has 146 valence electrons. The molecule has 9 heteroatoms. The van der Waals surface area contributed by atoms with E-state index in [1.807, 2.05) is 27.7 Å². The number of carbonyl (C=O) groups is 2. The van der Waals surface area contributed by atoms with Crippen LogP contribution in [0.3, 0.4) is 0 Å². The number of aromatic nitrogens is 3. The van der Waals surface area contributed by atoms with E-state index >= 15 is 0 Å². The average Bonchev–Trinajstić information content (AvgIpc) is 2.56. The Hall–Kier alpha value is -2.97. The first-order valence-corrected chi connectivity index (χ1v) is 8.74. The second-order valence-corrected chi connectivity index (χ2v) is 7.25. The molecule has 9 nitrogen and oxygen atoms in total. The van der Waals surface area contributed by atoms with E-state index in [0.29, 0.717) is 12.2 Å². The molecule has 2 aromatic rings. The molecule has 0 spiro atoms. The monoisotopic (exact) mass is 376 g/mol. The van der Waals surface area contributed by atoms with E-state index in [1.54, 1.807) is 0 Å². The number of fused-ring (bicyclic) bond motifs is 1. The third kappa shape index (κ3) is 4.24. The molecule has 0 aliphatic heterocycles. The third-order valence-corrected chi connectivity index (χ3v) is 4.07. The molecule has 2 rings (SSSR count). The molecule has 0 radical (unpaired) electrons. The lowest BCUT2D eigenvalue weighted by Gasteiger charge is -2.16. The fourth-order valence-electron chi connectivity index (χ4n) is 2.64. The molecule has 0 aliphatic carbocycles. The van der Waals surface area contributed by atoms with E-state index in [4.69, 9.17) is 5.11 Å². The summed E-state index contributed by atoms with van der Waals surface area (Å²) >= 11 is 0. The van der Waals surface area contributed by atoms with Gasteiger partial charge in [0, 0.05) is 12.2 Å². The number of nitrogens with zero attached hydrogens (tertiary/aromatic N) is 2. The lowest BCUT2D eigenvalue weighted by atomic mass is 10.0. The highest BCUT2D eigenvalue weighted by atomic mass is 16.4. The second kappa shape index (κ2) is 7.73. The number of aliphatic carboxylic acids is 1. The van der Waals surface area contributed by atoms with Gasteiger partial charge in [-0.1, -0.05) is 27.7 Å². The Balaban J connectivity index is 2.83. The molecule has 2 aromatic heterocycles. The van der Waals surface area contributed by atoms with Crippen LogP contribution in [0.2, 0.25) is 0 Å². The molecular weight excluding hydrogens is 352 g/mol. The van der Waals surface area contributed by atoms with Crippen LogP contribution in [0, 0.1) is 5.92 Å². The average molecular weight is 376 g/mol. The van der Waals surface area contributed by atoms with Crippen molar-refractivity contribution in [2.75, 3.05) is 0 Å². The highest BCUT2D eigenvalue weighted by Crippen LogP contribution is 2.20. The summed E-state index contributed by atoms with van der Waals surface area (Å²) in [5, 5.41) is 11.3. The number of pyridine rings is 1. The molecule has 1 amide bonds. The number of carbonyl (C=O) groups excluding carboxylic acids is 1. The van der Waals surface area contributed by atoms with Crippen LogP contribution < -0.4 is 16.6 Å². The van der Waals surface area contributed by atoms with Crippen molar-refractivity contribution in [2.45, 2.75) is 53.1 Å². The van der Waals surface area contributed by atoms with Gasteiger partial charge >= 0.3 is 11.7 Å². The molecule has 0 aliphatic rings. The van der Waals surface area contributed by atoms with Crippen molar-refractivity contribution >= 4 is 22.9 Å². The number of aromatic amines is 1. The van der Waals surface area contributed by atoms with E-state index in [1.165, 1.54) is 17.6 Å². The van der Waals surface area contributed by atoms with Gasteiger partial charge in [-0.05, 0) is 24.8 Å². The molecule has 1 atom stereocenters. The Morgan fingerprint density at radius 3 is 2.37 bits per heavy atom. The Morgan fingerprint density at radius 2 is 1.85 bits per heavy atom. The Labute approximate surface area is 155 Å². The summed E-state index contributed by atoms with van der Waals surface area (Å²) in [6, 6.07) is 0.333. The lowest BCUT2D eigenvalue weighted by molar-refractivity contribution is -0.138. The van der Waals surface area contributed by atoms with Crippen LogP contribution in [0.5, 0.6) is 0 Å². The Morgan fingerprint density at radius 1 is 1.22 bits per heavy atom. The van der Waals surface area contributed by atoms with Gasteiger partial charge in [0.25, 0.3) is 11.5 Å². The van der Waals surface area contributed by atoms with Crippen molar-refractivity contribution < 1.29 is 14.7 Å². The smallest absolute Gasteiger partial charge is 0.330 e. The van der Waals surface area contributed by atoms with Crippen LogP contribution in [0.1, 0.15) is 56.6 Å². The third-order valence-electron chi connectivity index (χ3n) is 4.07. The van der Waals surface area contributed by atoms with Gasteiger partial charge in [-0.15, -0.1) is 0 Å². The van der Waals surface area contributed by atoms with Crippen molar-refractivity contribution in [3.05, 3.63) is 38.2 Å². The number of carboxylic acids is 1. The van der Waals surface area contributed by atoms with Crippen molar-refractivity contribution in [1.82, 2.24) is 19.9 Å². The molecule has 27 heavy (non-hydrogen) atoms. The van der Waals surface area contributed by atoms with Crippen molar-refractivity contribution in [3.8, 4) is 0 Å². The van der Waals surface area contributed by atoms with Crippen molar-refractivity contribution in [3.63, 3.8) is 0 Å². The molecule has 0 fully saturated rings. The second-order valence-electron chi connectivity index (χ2n) is 7.25. The molecule has 0 saturated carbocycles. The number of rotatable bonds is 6. The van der Waals surface area contributed by atoms with Gasteiger partial charge in [0.2, 0.25) is 0 Å². The number of nitrogens with one attached hydrogen (secondary N) is 2.